The zero-order chi connectivity index (χ0) is 16.0. The van der Waals surface area contributed by atoms with E-state index >= 15 is 0 Å². The highest BCUT2D eigenvalue weighted by molar-refractivity contribution is 9.10. The number of hydrogen-bond acceptors (Lipinski definition) is 3. The SMILES string of the molecule is FC1(F)CC(Cn2cc(-c3cnc4ccc(Br)cc4n3)cn2)C1. The van der Waals surface area contributed by atoms with Gasteiger partial charge in [0.1, 0.15) is 0 Å². The number of halogens is 3. The zero-order valence-corrected chi connectivity index (χ0v) is 13.7. The monoisotopic (exact) mass is 378 g/mol. The highest BCUT2D eigenvalue weighted by Crippen LogP contribution is 2.43. The second kappa shape index (κ2) is 5.33. The summed E-state index contributed by atoms with van der Waals surface area (Å²) < 4.78 is 28.4. The van der Waals surface area contributed by atoms with Crippen LogP contribution in [-0.2, 0) is 6.54 Å². The number of rotatable bonds is 3. The predicted octanol–water partition coefficient (Wildman–Crippen LogP) is 4.30. The molecule has 0 atom stereocenters. The minimum Gasteiger partial charge on any atom is -0.272 e. The van der Waals surface area contributed by atoms with E-state index in [4.69, 9.17) is 0 Å². The topological polar surface area (TPSA) is 43.6 Å². The van der Waals surface area contributed by atoms with Crippen LogP contribution >= 0.6 is 15.9 Å². The van der Waals surface area contributed by atoms with E-state index in [1.807, 2.05) is 24.4 Å². The number of benzene rings is 1. The highest BCUT2D eigenvalue weighted by Gasteiger charge is 2.45. The van der Waals surface area contributed by atoms with Gasteiger partial charge >= 0.3 is 0 Å². The average Bonchev–Trinajstić information content (AvgIpc) is 2.93. The summed E-state index contributed by atoms with van der Waals surface area (Å²) in [4.78, 5) is 8.99. The van der Waals surface area contributed by atoms with Crippen LogP contribution in [0.2, 0.25) is 0 Å². The lowest BCUT2D eigenvalue weighted by molar-refractivity contribution is -0.114. The largest absolute Gasteiger partial charge is 0.272 e. The van der Waals surface area contributed by atoms with Gasteiger partial charge in [-0.2, -0.15) is 5.10 Å². The Morgan fingerprint density at radius 3 is 2.83 bits per heavy atom. The summed E-state index contributed by atoms with van der Waals surface area (Å²) in [5.74, 6) is -2.49. The summed E-state index contributed by atoms with van der Waals surface area (Å²) in [5.41, 5.74) is 3.18. The van der Waals surface area contributed by atoms with Gasteiger partial charge in [0.25, 0.3) is 0 Å². The van der Waals surface area contributed by atoms with E-state index in [1.165, 1.54) is 0 Å². The van der Waals surface area contributed by atoms with Gasteiger partial charge in [-0.1, -0.05) is 15.9 Å². The van der Waals surface area contributed by atoms with Gasteiger partial charge in [0.15, 0.2) is 0 Å². The van der Waals surface area contributed by atoms with Gasteiger partial charge in [-0.3, -0.25) is 9.67 Å². The van der Waals surface area contributed by atoms with Gasteiger partial charge in [0.2, 0.25) is 5.92 Å². The molecular weight excluding hydrogens is 366 g/mol. The average molecular weight is 379 g/mol. The lowest BCUT2D eigenvalue weighted by Crippen LogP contribution is -2.37. The van der Waals surface area contributed by atoms with Crippen molar-refractivity contribution in [2.24, 2.45) is 5.92 Å². The summed E-state index contributed by atoms with van der Waals surface area (Å²) >= 11 is 3.42. The molecule has 1 aromatic carbocycles. The molecule has 0 spiro atoms. The van der Waals surface area contributed by atoms with Crippen LogP contribution in [0.3, 0.4) is 0 Å². The number of aromatic nitrogens is 4. The molecule has 0 amide bonds. The first-order valence-electron chi connectivity index (χ1n) is 7.31. The molecule has 4 nitrogen and oxygen atoms in total. The van der Waals surface area contributed by atoms with Crippen molar-refractivity contribution in [3.63, 3.8) is 0 Å². The fourth-order valence-corrected chi connectivity index (χ4v) is 3.25. The molecule has 1 aliphatic rings. The Balaban J connectivity index is 1.56. The minimum absolute atomic E-state index is 0.00334. The van der Waals surface area contributed by atoms with Crippen molar-refractivity contribution in [1.82, 2.24) is 19.7 Å². The van der Waals surface area contributed by atoms with Crippen molar-refractivity contribution in [3.05, 3.63) is 41.3 Å². The molecule has 118 valence electrons. The maximum absolute atomic E-state index is 12.9. The van der Waals surface area contributed by atoms with Crippen LogP contribution in [0.1, 0.15) is 12.8 Å². The van der Waals surface area contributed by atoms with Crippen molar-refractivity contribution in [2.75, 3.05) is 0 Å². The molecule has 2 aromatic heterocycles. The molecule has 1 fully saturated rings. The van der Waals surface area contributed by atoms with Gasteiger partial charge in [-0.25, -0.2) is 13.8 Å². The van der Waals surface area contributed by atoms with E-state index in [-0.39, 0.29) is 18.8 Å². The third kappa shape index (κ3) is 2.97. The third-order valence-electron chi connectivity index (χ3n) is 4.05. The molecule has 4 rings (SSSR count). The van der Waals surface area contributed by atoms with Crippen molar-refractivity contribution in [3.8, 4) is 11.3 Å². The molecule has 0 bridgehead atoms. The molecule has 0 radical (unpaired) electrons. The lowest BCUT2D eigenvalue weighted by atomic mass is 9.81. The van der Waals surface area contributed by atoms with Crippen LogP contribution < -0.4 is 0 Å². The minimum atomic E-state index is -2.49. The van der Waals surface area contributed by atoms with Gasteiger partial charge in [-0.05, 0) is 24.1 Å². The Labute approximate surface area is 139 Å². The first kappa shape index (κ1) is 14.7. The molecular formula is C16H13BrF2N4. The van der Waals surface area contributed by atoms with Gasteiger partial charge in [0.05, 0.1) is 29.1 Å². The molecule has 0 N–H and O–H groups in total. The predicted molar refractivity (Wildman–Crippen MR) is 86.1 cm³/mol. The van der Waals surface area contributed by atoms with Crippen LogP contribution in [0.4, 0.5) is 8.78 Å². The number of alkyl halides is 2. The van der Waals surface area contributed by atoms with E-state index < -0.39 is 5.92 Å². The molecule has 1 aliphatic carbocycles. The Bertz CT molecular complexity index is 869. The van der Waals surface area contributed by atoms with Crippen LogP contribution in [0.5, 0.6) is 0 Å². The van der Waals surface area contributed by atoms with Crippen molar-refractivity contribution in [1.29, 1.82) is 0 Å². The molecule has 0 aliphatic heterocycles. The van der Waals surface area contributed by atoms with Gasteiger partial charge in [-0.15, -0.1) is 0 Å². The fraction of sp³-hybridized carbons (Fsp3) is 0.312. The standard InChI is InChI=1S/C16H13BrF2N4/c17-12-1-2-13-14(3-12)22-15(7-20-13)11-6-21-23(9-11)8-10-4-16(18,19)5-10/h1-3,6-7,9-10H,4-5,8H2. The summed E-state index contributed by atoms with van der Waals surface area (Å²) in [5, 5.41) is 4.25. The van der Waals surface area contributed by atoms with Crippen LogP contribution in [0, 0.1) is 5.92 Å². The number of hydrogen-bond donors (Lipinski definition) is 0. The lowest BCUT2D eigenvalue weighted by Gasteiger charge is -2.34. The van der Waals surface area contributed by atoms with E-state index in [0.29, 0.717) is 6.54 Å². The molecule has 3 aromatic rings. The van der Waals surface area contributed by atoms with E-state index in [1.54, 1.807) is 17.1 Å². The second-order valence-corrected chi connectivity index (χ2v) is 6.89. The van der Waals surface area contributed by atoms with E-state index in [0.717, 1.165) is 26.8 Å². The van der Waals surface area contributed by atoms with Crippen LogP contribution in [0.15, 0.2) is 41.3 Å². The smallest absolute Gasteiger partial charge is 0.248 e. The fourth-order valence-electron chi connectivity index (χ4n) is 2.90. The second-order valence-electron chi connectivity index (χ2n) is 5.97. The molecule has 1 saturated carbocycles. The Morgan fingerprint density at radius 2 is 2.04 bits per heavy atom. The zero-order valence-electron chi connectivity index (χ0n) is 12.1. The third-order valence-corrected chi connectivity index (χ3v) is 4.55. The Hall–Kier alpha value is -1.89. The van der Waals surface area contributed by atoms with Crippen LogP contribution in [0.25, 0.3) is 22.3 Å². The van der Waals surface area contributed by atoms with Crippen molar-refractivity contribution < 1.29 is 8.78 Å². The van der Waals surface area contributed by atoms with Crippen molar-refractivity contribution >= 4 is 27.0 Å². The molecule has 0 saturated heterocycles. The summed E-state index contributed by atoms with van der Waals surface area (Å²) in [7, 11) is 0. The van der Waals surface area contributed by atoms with Gasteiger partial charge in [0, 0.05) is 35.6 Å². The summed E-state index contributed by atoms with van der Waals surface area (Å²) in [6.45, 7) is 0.516. The molecule has 0 unspecified atom stereocenters. The normalized spacial score (nSPS) is 17.3. The highest BCUT2D eigenvalue weighted by atomic mass is 79.9. The van der Waals surface area contributed by atoms with E-state index in [2.05, 4.69) is 31.0 Å². The molecule has 7 heteroatoms. The van der Waals surface area contributed by atoms with E-state index in [9.17, 15) is 8.78 Å². The number of nitrogens with zero attached hydrogens (tertiary/aromatic N) is 4. The van der Waals surface area contributed by atoms with Crippen molar-refractivity contribution in [2.45, 2.75) is 25.3 Å². The summed E-state index contributed by atoms with van der Waals surface area (Å²) in [6, 6.07) is 5.73. The van der Waals surface area contributed by atoms with Gasteiger partial charge < -0.3 is 0 Å². The Morgan fingerprint density at radius 1 is 1.22 bits per heavy atom. The maximum atomic E-state index is 12.9. The quantitative estimate of drug-likeness (QED) is 0.682. The first-order valence-corrected chi connectivity index (χ1v) is 8.11. The first-order chi connectivity index (χ1) is 11.0. The maximum Gasteiger partial charge on any atom is 0.248 e. The summed E-state index contributed by atoms with van der Waals surface area (Å²) in [6.07, 6.45) is 5.14. The number of fused-ring (bicyclic) bond motifs is 1. The molecule has 23 heavy (non-hydrogen) atoms. The molecule has 2 heterocycles. The Kier molecular flexibility index (Phi) is 3.41. The van der Waals surface area contributed by atoms with Crippen LogP contribution in [-0.4, -0.2) is 25.7 Å².